The van der Waals surface area contributed by atoms with E-state index in [2.05, 4.69) is 0 Å². The van der Waals surface area contributed by atoms with Crippen LogP contribution >= 0.6 is 0 Å². The van der Waals surface area contributed by atoms with Crippen LogP contribution in [-0.2, 0) is 0 Å². The molecule has 2 heteroatoms. The number of alkyl halides is 2. The van der Waals surface area contributed by atoms with Gasteiger partial charge in [-0.25, -0.2) is 8.78 Å². The van der Waals surface area contributed by atoms with Gasteiger partial charge in [-0.05, 0) is 62.2 Å². The molecule has 0 aliphatic heterocycles. The van der Waals surface area contributed by atoms with Crippen LogP contribution in [0.4, 0.5) is 8.78 Å². The zero-order valence-corrected chi connectivity index (χ0v) is 9.39. The lowest BCUT2D eigenvalue weighted by atomic mass is 9.74. The van der Waals surface area contributed by atoms with Gasteiger partial charge in [-0.2, -0.15) is 0 Å². The van der Waals surface area contributed by atoms with Gasteiger partial charge in [0.1, 0.15) is 0 Å². The molecule has 3 fully saturated rings. The van der Waals surface area contributed by atoms with Crippen LogP contribution in [-0.4, -0.2) is 5.92 Å². The Labute approximate surface area is 90.4 Å². The van der Waals surface area contributed by atoms with Crippen LogP contribution in [0, 0.1) is 29.6 Å². The predicted molar refractivity (Wildman–Crippen MR) is 55.8 cm³/mol. The minimum atomic E-state index is -2.44. The molecular weight excluding hydrogens is 194 g/mol. The lowest BCUT2D eigenvalue weighted by Gasteiger charge is -2.32. The second-order valence-electron chi connectivity index (χ2n) is 6.19. The van der Waals surface area contributed by atoms with E-state index in [0.717, 1.165) is 31.1 Å². The summed E-state index contributed by atoms with van der Waals surface area (Å²) in [6.45, 7) is 1.09. The van der Waals surface area contributed by atoms with Gasteiger partial charge >= 0.3 is 0 Å². The average molecular weight is 214 g/mol. The molecule has 0 amide bonds. The maximum absolute atomic E-state index is 13.0. The molecule has 3 rings (SSSR count). The number of halogens is 2. The van der Waals surface area contributed by atoms with Gasteiger partial charge in [-0.15, -0.1) is 0 Å². The van der Waals surface area contributed by atoms with E-state index >= 15 is 0 Å². The standard InChI is InChI=1S/C13H20F2/c1-13(14,15)7-9-5-8-6-12(9)11-4-2-3-10(8)11/h8-12H,2-7H2,1H3. The highest BCUT2D eigenvalue weighted by molar-refractivity contribution is 5.03. The Morgan fingerprint density at radius 1 is 1.07 bits per heavy atom. The molecule has 0 spiro atoms. The lowest BCUT2D eigenvalue weighted by molar-refractivity contribution is -0.0186. The van der Waals surface area contributed by atoms with Crippen LogP contribution in [0.5, 0.6) is 0 Å². The van der Waals surface area contributed by atoms with Crippen molar-refractivity contribution in [2.45, 2.75) is 51.4 Å². The van der Waals surface area contributed by atoms with Crippen molar-refractivity contribution >= 4 is 0 Å². The molecule has 15 heavy (non-hydrogen) atoms. The Morgan fingerprint density at radius 3 is 2.53 bits per heavy atom. The molecule has 3 aliphatic carbocycles. The van der Waals surface area contributed by atoms with Gasteiger partial charge in [0.15, 0.2) is 0 Å². The van der Waals surface area contributed by atoms with E-state index < -0.39 is 5.92 Å². The molecule has 0 aromatic rings. The molecule has 86 valence electrons. The van der Waals surface area contributed by atoms with Gasteiger partial charge in [-0.1, -0.05) is 6.42 Å². The molecule has 5 atom stereocenters. The van der Waals surface area contributed by atoms with E-state index in [-0.39, 0.29) is 6.42 Å². The molecule has 3 saturated carbocycles. The van der Waals surface area contributed by atoms with Crippen LogP contribution in [0.1, 0.15) is 45.4 Å². The number of rotatable bonds is 2. The van der Waals surface area contributed by atoms with Crippen molar-refractivity contribution in [3.8, 4) is 0 Å². The summed E-state index contributed by atoms with van der Waals surface area (Å²) in [7, 11) is 0. The quantitative estimate of drug-likeness (QED) is 0.649. The highest BCUT2D eigenvalue weighted by Crippen LogP contribution is 2.62. The van der Waals surface area contributed by atoms with Crippen LogP contribution in [0.2, 0.25) is 0 Å². The second kappa shape index (κ2) is 3.18. The Kier molecular flexibility index (Phi) is 2.13. The van der Waals surface area contributed by atoms with E-state index in [1.165, 1.54) is 25.7 Å². The number of hydrogen-bond donors (Lipinski definition) is 0. The van der Waals surface area contributed by atoms with E-state index in [0.29, 0.717) is 11.8 Å². The van der Waals surface area contributed by atoms with E-state index in [1.54, 1.807) is 0 Å². The molecule has 3 aliphatic rings. The van der Waals surface area contributed by atoms with Crippen molar-refractivity contribution in [3.63, 3.8) is 0 Å². The fourth-order valence-corrected chi connectivity index (χ4v) is 4.91. The van der Waals surface area contributed by atoms with E-state index in [9.17, 15) is 8.78 Å². The highest BCUT2D eigenvalue weighted by atomic mass is 19.3. The molecule has 0 aromatic heterocycles. The number of fused-ring (bicyclic) bond motifs is 5. The van der Waals surface area contributed by atoms with Crippen molar-refractivity contribution in [1.29, 1.82) is 0 Å². The van der Waals surface area contributed by atoms with E-state index in [1.807, 2.05) is 0 Å². The Hall–Kier alpha value is -0.140. The average Bonchev–Trinajstić information content (AvgIpc) is 2.66. The molecule has 0 saturated heterocycles. The second-order valence-corrected chi connectivity index (χ2v) is 6.19. The van der Waals surface area contributed by atoms with Gasteiger partial charge in [-0.3, -0.25) is 0 Å². The van der Waals surface area contributed by atoms with Crippen molar-refractivity contribution in [3.05, 3.63) is 0 Å². The Morgan fingerprint density at radius 2 is 1.80 bits per heavy atom. The summed E-state index contributed by atoms with van der Waals surface area (Å²) in [5, 5.41) is 0. The van der Waals surface area contributed by atoms with Crippen LogP contribution in [0.25, 0.3) is 0 Å². The smallest absolute Gasteiger partial charge is 0.207 e. The van der Waals surface area contributed by atoms with Crippen molar-refractivity contribution in [2.75, 3.05) is 0 Å². The van der Waals surface area contributed by atoms with E-state index in [4.69, 9.17) is 0 Å². The Bertz CT molecular complexity index is 256. The molecule has 0 radical (unpaired) electrons. The first kappa shape index (κ1) is 10.0. The third-order valence-corrected chi connectivity index (χ3v) is 5.19. The maximum Gasteiger partial charge on any atom is 0.245 e. The van der Waals surface area contributed by atoms with Gasteiger partial charge in [0.2, 0.25) is 5.92 Å². The Balaban J connectivity index is 1.71. The molecule has 5 unspecified atom stereocenters. The highest BCUT2D eigenvalue weighted by Gasteiger charge is 2.54. The molecule has 0 N–H and O–H groups in total. The fraction of sp³-hybridized carbons (Fsp3) is 1.00. The van der Waals surface area contributed by atoms with Crippen LogP contribution in [0.15, 0.2) is 0 Å². The lowest BCUT2D eigenvalue weighted by Crippen LogP contribution is -2.28. The van der Waals surface area contributed by atoms with Crippen molar-refractivity contribution < 1.29 is 8.78 Å². The molecular formula is C13H20F2. The molecule has 0 heterocycles. The monoisotopic (exact) mass is 214 g/mol. The summed E-state index contributed by atoms with van der Waals surface area (Å²) >= 11 is 0. The van der Waals surface area contributed by atoms with Gasteiger partial charge in [0.25, 0.3) is 0 Å². The largest absolute Gasteiger partial charge is 0.245 e. The predicted octanol–water partition coefficient (Wildman–Crippen LogP) is 4.10. The maximum atomic E-state index is 13.0. The summed E-state index contributed by atoms with van der Waals surface area (Å²) < 4.78 is 26.1. The molecule has 0 aromatic carbocycles. The van der Waals surface area contributed by atoms with Gasteiger partial charge in [0, 0.05) is 6.42 Å². The first-order valence-electron chi connectivity index (χ1n) is 6.42. The van der Waals surface area contributed by atoms with Crippen LogP contribution < -0.4 is 0 Å². The first-order chi connectivity index (χ1) is 7.04. The van der Waals surface area contributed by atoms with Crippen molar-refractivity contribution in [1.82, 2.24) is 0 Å². The minimum Gasteiger partial charge on any atom is -0.207 e. The topological polar surface area (TPSA) is 0 Å². The van der Waals surface area contributed by atoms with Gasteiger partial charge < -0.3 is 0 Å². The summed E-state index contributed by atoms with van der Waals surface area (Å²) in [5.74, 6) is 1.13. The van der Waals surface area contributed by atoms with Gasteiger partial charge in [0.05, 0.1) is 0 Å². The minimum absolute atomic E-state index is 0.150. The SMILES string of the molecule is CC(F)(F)CC1CC2CC1C1CCCC21. The normalized spacial score (nSPS) is 48.6. The summed E-state index contributed by atoms with van der Waals surface area (Å²) in [6, 6.07) is 0. The summed E-state index contributed by atoms with van der Waals surface area (Å²) in [5.41, 5.74) is 0. The van der Waals surface area contributed by atoms with Crippen LogP contribution in [0.3, 0.4) is 0 Å². The third kappa shape index (κ3) is 1.60. The zero-order valence-electron chi connectivity index (χ0n) is 9.39. The fourth-order valence-electron chi connectivity index (χ4n) is 4.91. The van der Waals surface area contributed by atoms with Crippen molar-refractivity contribution in [2.24, 2.45) is 29.6 Å². The number of hydrogen-bond acceptors (Lipinski definition) is 0. The summed E-state index contributed by atoms with van der Waals surface area (Å²) in [6.07, 6.45) is 6.61. The summed E-state index contributed by atoms with van der Waals surface area (Å²) in [4.78, 5) is 0. The molecule has 0 nitrogen and oxygen atoms in total. The first-order valence-corrected chi connectivity index (χ1v) is 6.42. The third-order valence-electron chi connectivity index (χ3n) is 5.19. The molecule has 2 bridgehead atoms. The zero-order chi connectivity index (χ0) is 10.6.